The van der Waals surface area contributed by atoms with Gasteiger partial charge in [-0.15, -0.1) is 0 Å². The van der Waals surface area contributed by atoms with E-state index in [1.807, 2.05) is 31.2 Å². The van der Waals surface area contributed by atoms with Crippen LogP contribution in [-0.4, -0.2) is 24.4 Å². The summed E-state index contributed by atoms with van der Waals surface area (Å²) in [6.45, 7) is 3.07. The number of anilines is 1. The summed E-state index contributed by atoms with van der Waals surface area (Å²) in [6.07, 6.45) is 0. The molecule has 150 valence electrons. The van der Waals surface area contributed by atoms with Crippen molar-refractivity contribution in [3.05, 3.63) is 63.9 Å². The number of hydrogen-bond acceptors (Lipinski definition) is 3. The predicted octanol–water partition coefficient (Wildman–Crippen LogP) is 3.66. The van der Waals surface area contributed by atoms with E-state index in [1.165, 1.54) is 0 Å². The van der Waals surface area contributed by atoms with E-state index in [9.17, 15) is 22.8 Å². The first-order chi connectivity index (χ1) is 13.2. The second-order valence-electron chi connectivity index (χ2n) is 6.12. The smallest absolute Gasteiger partial charge is 0.243 e. The average Bonchev–Trinajstić information content (AvgIpc) is 2.66. The van der Waals surface area contributed by atoms with Gasteiger partial charge in [-0.05, 0) is 37.6 Å². The Morgan fingerprint density at radius 1 is 1.04 bits per heavy atom. The van der Waals surface area contributed by atoms with Crippen LogP contribution in [0, 0.1) is 17.5 Å². The lowest BCUT2D eigenvalue weighted by Gasteiger charge is -2.21. The molecule has 0 aliphatic heterocycles. The van der Waals surface area contributed by atoms with Gasteiger partial charge in [0.05, 0.1) is 18.3 Å². The summed E-state index contributed by atoms with van der Waals surface area (Å²) < 4.78 is 40.5. The van der Waals surface area contributed by atoms with Crippen LogP contribution in [0.15, 0.2) is 40.9 Å². The average molecular weight is 458 g/mol. The minimum absolute atomic E-state index is 0.138. The normalized spacial score (nSPS) is 12.9. The van der Waals surface area contributed by atoms with E-state index in [-0.39, 0.29) is 6.04 Å². The fourth-order valence-electron chi connectivity index (χ4n) is 2.50. The largest absolute Gasteiger partial charge is 0.346 e. The van der Waals surface area contributed by atoms with Crippen LogP contribution in [0.25, 0.3) is 0 Å². The second-order valence-corrected chi connectivity index (χ2v) is 6.97. The molecule has 28 heavy (non-hydrogen) atoms. The number of rotatable bonds is 7. The molecule has 0 fully saturated rings. The number of halogens is 4. The van der Waals surface area contributed by atoms with Crippen LogP contribution in [0.2, 0.25) is 0 Å². The minimum Gasteiger partial charge on any atom is -0.346 e. The second kappa shape index (κ2) is 9.70. The van der Waals surface area contributed by atoms with Gasteiger partial charge in [-0.2, -0.15) is 0 Å². The summed E-state index contributed by atoms with van der Waals surface area (Å²) in [5.74, 6) is -5.76. The molecule has 0 heterocycles. The molecule has 2 atom stereocenters. The first-order valence-corrected chi connectivity index (χ1v) is 9.21. The predicted molar refractivity (Wildman–Crippen MR) is 103 cm³/mol. The molecule has 2 rings (SSSR count). The fourth-order valence-corrected chi connectivity index (χ4v) is 3.13. The lowest BCUT2D eigenvalue weighted by Crippen LogP contribution is -2.45. The first kappa shape index (κ1) is 21.9. The van der Waals surface area contributed by atoms with E-state index in [2.05, 4.69) is 31.9 Å². The van der Waals surface area contributed by atoms with Gasteiger partial charge in [0, 0.05) is 10.5 Å². The van der Waals surface area contributed by atoms with Gasteiger partial charge in [-0.1, -0.05) is 34.1 Å². The monoisotopic (exact) mass is 457 g/mol. The lowest BCUT2D eigenvalue weighted by atomic mass is 10.1. The maximum Gasteiger partial charge on any atom is 0.243 e. The maximum absolute atomic E-state index is 13.6. The van der Waals surface area contributed by atoms with Crippen molar-refractivity contribution < 1.29 is 22.8 Å². The molecule has 9 heteroatoms. The van der Waals surface area contributed by atoms with Crippen molar-refractivity contribution in [3.8, 4) is 0 Å². The van der Waals surface area contributed by atoms with Gasteiger partial charge in [-0.3, -0.25) is 14.9 Å². The van der Waals surface area contributed by atoms with E-state index in [1.54, 1.807) is 6.92 Å². The van der Waals surface area contributed by atoms with Crippen LogP contribution in [0.5, 0.6) is 0 Å². The van der Waals surface area contributed by atoms with E-state index < -0.39 is 47.5 Å². The zero-order chi connectivity index (χ0) is 20.8. The number of hydrogen-bond donors (Lipinski definition) is 3. The summed E-state index contributed by atoms with van der Waals surface area (Å²) in [5.41, 5.74) is 0.459. The van der Waals surface area contributed by atoms with Crippen LogP contribution in [0.1, 0.15) is 25.5 Å². The zero-order valence-corrected chi connectivity index (χ0v) is 16.7. The molecule has 0 spiro atoms. The number of carbonyl (C=O) groups is 2. The summed E-state index contributed by atoms with van der Waals surface area (Å²) in [7, 11) is 0. The van der Waals surface area contributed by atoms with Gasteiger partial charge in [0.2, 0.25) is 11.8 Å². The van der Waals surface area contributed by atoms with Crippen molar-refractivity contribution in [2.24, 2.45) is 0 Å². The van der Waals surface area contributed by atoms with Crippen LogP contribution >= 0.6 is 15.9 Å². The summed E-state index contributed by atoms with van der Waals surface area (Å²) in [4.78, 5) is 24.0. The van der Waals surface area contributed by atoms with Crippen molar-refractivity contribution in [3.63, 3.8) is 0 Å². The van der Waals surface area contributed by atoms with Crippen molar-refractivity contribution >= 4 is 33.4 Å². The van der Waals surface area contributed by atoms with Gasteiger partial charge in [0.15, 0.2) is 17.5 Å². The van der Waals surface area contributed by atoms with Crippen LogP contribution in [0.4, 0.5) is 18.9 Å². The van der Waals surface area contributed by atoms with E-state index in [4.69, 9.17) is 0 Å². The molecular weight excluding hydrogens is 439 g/mol. The third-order valence-electron chi connectivity index (χ3n) is 4.00. The van der Waals surface area contributed by atoms with Crippen molar-refractivity contribution in [2.75, 3.05) is 11.9 Å². The van der Waals surface area contributed by atoms with E-state index in [0.29, 0.717) is 6.07 Å². The third kappa shape index (κ3) is 5.56. The van der Waals surface area contributed by atoms with E-state index >= 15 is 0 Å². The summed E-state index contributed by atoms with van der Waals surface area (Å²) >= 11 is 3.45. The Labute approximate surface area is 168 Å². The molecule has 2 amide bonds. The Kier molecular flexibility index (Phi) is 7.59. The zero-order valence-electron chi connectivity index (χ0n) is 15.2. The highest BCUT2D eigenvalue weighted by Crippen LogP contribution is 2.23. The molecule has 0 aliphatic carbocycles. The van der Waals surface area contributed by atoms with Crippen LogP contribution in [-0.2, 0) is 9.59 Å². The van der Waals surface area contributed by atoms with Gasteiger partial charge < -0.3 is 10.6 Å². The highest BCUT2D eigenvalue weighted by molar-refractivity contribution is 9.10. The molecule has 0 unspecified atom stereocenters. The maximum atomic E-state index is 13.6. The van der Waals surface area contributed by atoms with Crippen LogP contribution in [0.3, 0.4) is 0 Å². The Bertz CT molecular complexity index is 879. The molecule has 5 nitrogen and oxygen atoms in total. The van der Waals surface area contributed by atoms with E-state index in [0.717, 1.165) is 16.1 Å². The van der Waals surface area contributed by atoms with Crippen molar-refractivity contribution in [1.29, 1.82) is 0 Å². The fraction of sp³-hybridized carbons (Fsp3) is 0.263. The molecular formula is C19H19BrF3N3O2. The number of benzene rings is 2. The molecule has 0 saturated carbocycles. The Morgan fingerprint density at radius 3 is 2.39 bits per heavy atom. The quantitative estimate of drug-likeness (QED) is 0.555. The first-order valence-electron chi connectivity index (χ1n) is 8.42. The molecule has 0 radical (unpaired) electrons. The Balaban J connectivity index is 1.86. The highest BCUT2D eigenvalue weighted by atomic mass is 79.9. The molecule has 2 aromatic carbocycles. The molecule has 0 bridgehead atoms. The van der Waals surface area contributed by atoms with Crippen molar-refractivity contribution in [2.45, 2.75) is 25.9 Å². The van der Waals surface area contributed by atoms with Gasteiger partial charge >= 0.3 is 0 Å². The molecule has 2 aromatic rings. The standard InChI is InChI=1S/C19H19BrF3N3O2/c1-10(12-5-3-4-6-13(12)20)25-11(2)19(28)24-9-16(27)26-15-8-7-14(21)17(22)18(15)23/h3-8,10-11,25H,9H2,1-2H3,(H,24,28)(H,26,27)/t10-,11+/m0/s1. The summed E-state index contributed by atoms with van der Waals surface area (Å²) in [5, 5.41) is 7.60. The molecule has 3 N–H and O–H groups in total. The SMILES string of the molecule is C[C@H](N[C@H](C)C(=O)NCC(=O)Nc1ccc(F)c(F)c1F)c1ccccc1Br. The lowest BCUT2D eigenvalue weighted by molar-refractivity contribution is -0.125. The minimum atomic E-state index is -1.68. The summed E-state index contributed by atoms with van der Waals surface area (Å²) in [6, 6.07) is 8.40. The van der Waals surface area contributed by atoms with Gasteiger partial charge in [0.1, 0.15) is 0 Å². The molecule has 0 saturated heterocycles. The Morgan fingerprint density at radius 2 is 1.71 bits per heavy atom. The third-order valence-corrected chi connectivity index (χ3v) is 4.72. The highest BCUT2D eigenvalue weighted by Gasteiger charge is 2.19. The number of nitrogens with one attached hydrogen (secondary N) is 3. The Hall–Kier alpha value is -2.39. The molecule has 0 aliphatic rings. The topological polar surface area (TPSA) is 70.2 Å². The van der Waals surface area contributed by atoms with Gasteiger partial charge in [0.25, 0.3) is 0 Å². The number of carbonyl (C=O) groups excluding carboxylic acids is 2. The van der Waals surface area contributed by atoms with Crippen molar-refractivity contribution in [1.82, 2.24) is 10.6 Å². The van der Waals surface area contributed by atoms with Gasteiger partial charge in [-0.25, -0.2) is 13.2 Å². The number of amides is 2. The van der Waals surface area contributed by atoms with Crippen LogP contribution < -0.4 is 16.0 Å². The molecule has 0 aromatic heterocycles.